The minimum atomic E-state index is -0.885. The Morgan fingerprint density at radius 1 is 1.00 bits per heavy atom. The Morgan fingerprint density at radius 2 is 1.71 bits per heavy atom. The summed E-state index contributed by atoms with van der Waals surface area (Å²) in [5, 5.41) is 5.85. The van der Waals surface area contributed by atoms with E-state index in [1.54, 1.807) is 31.3 Å². The molecule has 0 radical (unpaired) electrons. The third-order valence-corrected chi connectivity index (χ3v) is 3.99. The summed E-state index contributed by atoms with van der Waals surface area (Å²) in [5.41, 5.74) is 1.28. The SMILES string of the molecule is CNc1ccccc1C(=O)CC(=O)C(=O)Nc1ccc(Cl)c(Cl)c1. The van der Waals surface area contributed by atoms with Crippen molar-refractivity contribution in [1.82, 2.24) is 0 Å². The average molecular weight is 365 g/mol. The number of carbonyl (C=O) groups excluding carboxylic acids is 3. The van der Waals surface area contributed by atoms with Crippen molar-refractivity contribution >= 4 is 52.1 Å². The highest BCUT2D eigenvalue weighted by Gasteiger charge is 2.20. The van der Waals surface area contributed by atoms with E-state index in [0.29, 0.717) is 22.0 Å². The van der Waals surface area contributed by atoms with Gasteiger partial charge >= 0.3 is 0 Å². The van der Waals surface area contributed by atoms with Crippen molar-refractivity contribution < 1.29 is 14.4 Å². The minimum Gasteiger partial charge on any atom is -0.388 e. The highest BCUT2D eigenvalue weighted by atomic mass is 35.5. The second-order valence-electron chi connectivity index (χ2n) is 4.90. The molecule has 0 atom stereocenters. The summed E-state index contributed by atoms with van der Waals surface area (Å²) in [6.07, 6.45) is -0.522. The van der Waals surface area contributed by atoms with Crippen LogP contribution in [0.25, 0.3) is 0 Å². The van der Waals surface area contributed by atoms with Crippen LogP contribution in [-0.4, -0.2) is 24.5 Å². The molecule has 2 rings (SSSR count). The fourth-order valence-electron chi connectivity index (χ4n) is 2.04. The van der Waals surface area contributed by atoms with E-state index in [2.05, 4.69) is 10.6 Å². The quantitative estimate of drug-likeness (QED) is 0.464. The number of hydrogen-bond donors (Lipinski definition) is 2. The van der Waals surface area contributed by atoms with E-state index in [0.717, 1.165) is 0 Å². The number of ketones is 2. The predicted octanol–water partition coefficient (Wildman–Crippen LogP) is 3.82. The van der Waals surface area contributed by atoms with Gasteiger partial charge in [-0.15, -0.1) is 0 Å². The van der Waals surface area contributed by atoms with Crippen molar-refractivity contribution in [1.29, 1.82) is 0 Å². The lowest BCUT2D eigenvalue weighted by Gasteiger charge is -2.08. The van der Waals surface area contributed by atoms with Crippen molar-refractivity contribution in [2.24, 2.45) is 0 Å². The van der Waals surface area contributed by atoms with E-state index in [-0.39, 0.29) is 5.02 Å². The molecular formula is C17H14Cl2N2O3. The molecule has 7 heteroatoms. The summed E-state index contributed by atoms with van der Waals surface area (Å²) >= 11 is 11.6. The first kappa shape index (κ1) is 18.0. The molecule has 0 aliphatic carbocycles. The molecule has 0 bridgehead atoms. The molecule has 1 amide bonds. The molecule has 2 aromatic carbocycles. The number of carbonyl (C=O) groups is 3. The van der Waals surface area contributed by atoms with Crippen molar-refractivity contribution in [3.05, 3.63) is 58.1 Å². The number of para-hydroxylation sites is 1. The summed E-state index contributed by atoms with van der Waals surface area (Å²) in [5.74, 6) is -2.16. The lowest BCUT2D eigenvalue weighted by Crippen LogP contribution is -2.25. The van der Waals surface area contributed by atoms with E-state index >= 15 is 0 Å². The molecule has 124 valence electrons. The molecule has 0 saturated heterocycles. The molecule has 2 aromatic rings. The van der Waals surface area contributed by atoms with Crippen molar-refractivity contribution in [3.8, 4) is 0 Å². The van der Waals surface area contributed by atoms with Crippen molar-refractivity contribution in [3.63, 3.8) is 0 Å². The van der Waals surface area contributed by atoms with Crippen LogP contribution in [0.2, 0.25) is 10.0 Å². The minimum absolute atomic E-state index is 0.251. The maximum Gasteiger partial charge on any atom is 0.292 e. The summed E-state index contributed by atoms with van der Waals surface area (Å²) in [4.78, 5) is 36.1. The highest BCUT2D eigenvalue weighted by Crippen LogP contribution is 2.25. The number of nitrogens with one attached hydrogen (secondary N) is 2. The Hall–Kier alpha value is -2.37. The first-order valence-corrected chi connectivity index (χ1v) is 7.77. The molecule has 24 heavy (non-hydrogen) atoms. The second-order valence-corrected chi connectivity index (χ2v) is 5.72. The van der Waals surface area contributed by atoms with E-state index in [9.17, 15) is 14.4 Å². The maximum atomic E-state index is 12.2. The fourth-order valence-corrected chi connectivity index (χ4v) is 2.34. The summed E-state index contributed by atoms with van der Waals surface area (Å²) < 4.78 is 0. The van der Waals surface area contributed by atoms with Gasteiger partial charge in [-0.05, 0) is 30.3 Å². The molecule has 0 fully saturated rings. The lowest BCUT2D eigenvalue weighted by molar-refractivity contribution is -0.134. The van der Waals surface area contributed by atoms with Crippen LogP contribution in [0, 0.1) is 0 Å². The smallest absolute Gasteiger partial charge is 0.292 e. The summed E-state index contributed by atoms with van der Waals surface area (Å²) in [6, 6.07) is 11.2. The maximum absolute atomic E-state index is 12.2. The monoisotopic (exact) mass is 364 g/mol. The zero-order valence-electron chi connectivity index (χ0n) is 12.7. The Labute approximate surface area is 149 Å². The molecule has 0 spiro atoms. The van der Waals surface area contributed by atoms with Gasteiger partial charge in [0.2, 0.25) is 5.78 Å². The third kappa shape index (κ3) is 4.34. The number of Topliss-reactive ketones (excluding diaryl/α,β-unsaturated/α-hetero) is 2. The van der Waals surface area contributed by atoms with Crippen molar-refractivity contribution in [2.45, 2.75) is 6.42 Å². The Balaban J connectivity index is 2.04. The van der Waals surface area contributed by atoms with Crippen LogP contribution < -0.4 is 10.6 Å². The van der Waals surface area contributed by atoms with E-state index in [4.69, 9.17) is 23.2 Å². The van der Waals surface area contributed by atoms with Gasteiger partial charge in [0.05, 0.1) is 16.5 Å². The van der Waals surface area contributed by atoms with Gasteiger partial charge in [-0.2, -0.15) is 0 Å². The molecular weight excluding hydrogens is 351 g/mol. The van der Waals surface area contributed by atoms with Crippen LogP contribution in [0.4, 0.5) is 11.4 Å². The highest BCUT2D eigenvalue weighted by molar-refractivity contribution is 6.45. The van der Waals surface area contributed by atoms with Crippen LogP contribution in [0.1, 0.15) is 16.8 Å². The topological polar surface area (TPSA) is 75.3 Å². The van der Waals surface area contributed by atoms with Crippen LogP contribution in [0.5, 0.6) is 0 Å². The summed E-state index contributed by atoms with van der Waals surface area (Å²) in [6.45, 7) is 0. The van der Waals surface area contributed by atoms with Crippen LogP contribution >= 0.6 is 23.2 Å². The lowest BCUT2D eigenvalue weighted by atomic mass is 10.0. The van der Waals surface area contributed by atoms with E-state index in [1.165, 1.54) is 18.2 Å². The fraction of sp³-hybridized carbons (Fsp3) is 0.118. The van der Waals surface area contributed by atoms with Crippen LogP contribution in [0.15, 0.2) is 42.5 Å². The van der Waals surface area contributed by atoms with E-state index < -0.39 is 23.9 Å². The molecule has 0 aromatic heterocycles. The van der Waals surface area contributed by atoms with Gasteiger partial charge in [0.1, 0.15) is 0 Å². The Bertz CT molecular complexity index is 806. The number of rotatable bonds is 6. The van der Waals surface area contributed by atoms with Gasteiger partial charge in [0.15, 0.2) is 5.78 Å². The molecule has 2 N–H and O–H groups in total. The first-order chi connectivity index (χ1) is 11.4. The second kappa shape index (κ2) is 7.95. The van der Waals surface area contributed by atoms with E-state index in [1.807, 2.05) is 0 Å². The van der Waals surface area contributed by atoms with Crippen LogP contribution in [0.3, 0.4) is 0 Å². The third-order valence-electron chi connectivity index (χ3n) is 3.25. The largest absolute Gasteiger partial charge is 0.388 e. The first-order valence-electron chi connectivity index (χ1n) is 7.01. The van der Waals surface area contributed by atoms with Gasteiger partial charge in [0, 0.05) is 24.0 Å². The zero-order valence-corrected chi connectivity index (χ0v) is 14.2. The van der Waals surface area contributed by atoms with Gasteiger partial charge in [0.25, 0.3) is 5.91 Å². The van der Waals surface area contributed by atoms with Gasteiger partial charge in [-0.1, -0.05) is 35.3 Å². The number of hydrogen-bond acceptors (Lipinski definition) is 4. The van der Waals surface area contributed by atoms with Gasteiger partial charge in [-0.25, -0.2) is 0 Å². The number of anilines is 2. The number of halogens is 2. The molecule has 5 nitrogen and oxygen atoms in total. The zero-order chi connectivity index (χ0) is 17.7. The Kier molecular flexibility index (Phi) is 5.95. The molecule has 0 saturated carbocycles. The number of amides is 1. The van der Waals surface area contributed by atoms with Gasteiger partial charge < -0.3 is 10.6 Å². The number of benzene rings is 2. The molecule has 0 aliphatic rings. The normalized spacial score (nSPS) is 10.1. The molecule has 0 aliphatic heterocycles. The molecule has 0 unspecified atom stereocenters. The van der Waals surface area contributed by atoms with Crippen molar-refractivity contribution in [2.75, 3.05) is 17.7 Å². The van der Waals surface area contributed by atoms with Crippen LogP contribution in [-0.2, 0) is 9.59 Å². The molecule has 0 heterocycles. The van der Waals surface area contributed by atoms with Gasteiger partial charge in [-0.3, -0.25) is 14.4 Å². The standard InChI is InChI=1S/C17H14Cl2N2O3/c1-20-14-5-3-2-4-11(14)15(22)9-16(23)17(24)21-10-6-7-12(18)13(19)8-10/h2-8,20H,9H2,1H3,(H,21,24). The average Bonchev–Trinajstić information content (AvgIpc) is 2.57. The Morgan fingerprint density at radius 3 is 2.38 bits per heavy atom. The predicted molar refractivity (Wildman–Crippen MR) is 95.0 cm³/mol. The summed E-state index contributed by atoms with van der Waals surface area (Å²) in [7, 11) is 1.67.